The molecule has 1 heterocycles. The molecule has 1 aliphatic rings. The second-order valence-electron chi connectivity index (χ2n) is 5.51. The van der Waals surface area contributed by atoms with Crippen molar-refractivity contribution in [2.24, 2.45) is 5.92 Å². The largest absolute Gasteiger partial charge is 0.398 e. The molecular weight excluding hydrogens is 276 g/mol. The number of aryl methyl sites for hydroxylation is 1. The highest BCUT2D eigenvalue weighted by molar-refractivity contribution is 7.89. The number of hydrogen-bond acceptors (Lipinski definition) is 4. The maximum Gasteiger partial charge on any atom is 0.243 e. The van der Waals surface area contributed by atoms with Crippen LogP contribution in [0.2, 0.25) is 0 Å². The van der Waals surface area contributed by atoms with E-state index in [0.717, 1.165) is 5.56 Å². The average molecular weight is 298 g/mol. The molecule has 3 N–H and O–H groups in total. The van der Waals surface area contributed by atoms with Gasteiger partial charge in [-0.1, -0.05) is 0 Å². The van der Waals surface area contributed by atoms with E-state index in [9.17, 15) is 8.42 Å². The van der Waals surface area contributed by atoms with Gasteiger partial charge in [0.2, 0.25) is 10.0 Å². The Morgan fingerprint density at radius 2 is 1.90 bits per heavy atom. The van der Waals surface area contributed by atoms with Gasteiger partial charge in [0.1, 0.15) is 0 Å². The lowest BCUT2D eigenvalue weighted by atomic mass is 10.00. The van der Waals surface area contributed by atoms with Crippen molar-refractivity contribution >= 4 is 15.7 Å². The molecule has 0 spiro atoms. The Morgan fingerprint density at radius 1 is 1.30 bits per heavy atom. The molecule has 2 rings (SSSR count). The molecule has 0 unspecified atom stereocenters. The highest BCUT2D eigenvalue weighted by atomic mass is 32.2. The van der Waals surface area contributed by atoms with Crippen LogP contribution in [-0.2, 0) is 10.0 Å². The summed E-state index contributed by atoms with van der Waals surface area (Å²) in [4.78, 5) is 0.303. The van der Waals surface area contributed by atoms with Crippen molar-refractivity contribution in [3.8, 4) is 0 Å². The summed E-state index contributed by atoms with van der Waals surface area (Å²) in [6, 6.07) is 3.46. The molecule has 1 aromatic rings. The first-order valence-corrected chi connectivity index (χ1v) is 8.28. The van der Waals surface area contributed by atoms with Crippen LogP contribution in [0.5, 0.6) is 0 Å². The Balaban J connectivity index is 2.32. The molecule has 0 amide bonds. The number of sulfonamides is 1. The summed E-state index contributed by atoms with van der Waals surface area (Å²) >= 11 is 0. The number of nitrogens with two attached hydrogens (primary N) is 1. The third kappa shape index (κ3) is 2.82. The number of piperidine rings is 1. The summed E-state index contributed by atoms with van der Waals surface area (Å²) in [7, 11) is -3.50. The Bertz CT molecular complexity index is 591. The van der Waals surface area contributed by atoms with Crippen molar-refractivity contribution in [2.75, 3.05) is 25.4 Å². The summed E-state index contributed by atoms with van der Waals surface area (Å²) in [5.41, 5.74) is 7.84. The lowest BCUT2D eigenvalue weighted by molar-refractivity contribution is 0.170. The first-order valence-electron chi connectivity index (χ1n) is 6.84. The summed E-state index contributed by atoms with van der Waals surface area (Å²) in [6.45, 7) is 4.63. The van der Waals surface area contributed by atoms with Crippen LogP contribution in [0.4, 0.5) is 5.69 Å². The molecule has 5 nitrogen and oxygen atoms in total. The van der Waals surface area contributed by atoms with E-state index < -0.39 is 10.0 Å². The third-order valence-corrected chi connectivity index (χ3v) is 6.02. The van der Waals surface area contributed by atoms with Gasteiger partial charge in [0.15, 0.2) is 0 Å². The predicted molar refractivity (Wildman–Crippen MR) is 78.9 cm³/mol. The van der Waals surface area contributed by atoms with E-state index in [-0.39, 0.29) is 12.5 Å². The Labute approximate surface area is 120 Å². The Hall–Kier alpha value is -1.11. The van der Waals surface area contributed by atoms with E-state index in [1.165, 1.54) is 4.31 Å². The molecule has 0 saturated carbocycles. The van der Waals surface area contributed by atoms with Crippen LogP contribution in [0.15, 0.2) is 17.0 Å². The first-order chi connectivity index (χ1) is 9.36. The third-order valence-electron chi connectivity index (χ3n) is 3.99. The van der Waals surface area contributed by atoms with Crippen molar-refractivity contribution in [2.45, 2.75) is 31.6 Å². The van der Waals surface area contributed by atoms with E-state index in [2.05, 4.69) is 0 Å². The zero-order chi connectivity index (χ0) is 14.9. The molecule has 0 aliphatic carbocycles. The SMILES string of the molecule is Cc1cc(N)c(C)c(S(=O)(=O)N2CCC(CO)CC2)c1. The van der Waals surface area contributed by atoms with Gasteiger partial charge < -0.3 is 10.8 Å². The Kier molecular flexibility index (Phi) is 4.36. The van der Waals surface area contributed by atoms with Gasteiger partial charge in [-0.15, -0.1) is 0 Å². The molecule has 6 heteroatoms. The van der Waals surface area contributed by atoms with Gasteiger partial charge in [0.05, 0.1) is 4.90 Å². The molecule has 1 aliphatic heterocycles. The smallest absolute Gasteiger partial charge is 0.243 e. The average Bonchev–Trinajstić information content (AvgIpc) is 2.42. The van der Waals surface area contributed by atoms with E-state index in [1.807, 2.05) is 6.92 Å². The normalized spacial score (nSPS) is 18.4. The highest BCUT2D eigenvalue weighted by Gasteiger charge is 2.30. The lowest BCUT2D eigenvalue weighted by Crippen LogP contribution is -2.39. The van der Waals surface area contributed by atoms with E-state index >= 15 is 0 Å². The summed E-state index contributed by atoms with van der Waals surface area (Å²) in [6.07, 6.45) is 1.41. The van der Waals surface area contributed by atoms with E-state index in [1.54, 1.807) is 19.1 Å². The van der Waals surface area contributed by atoms with Crippen LogP contribution in [0, 0.1) is 19.8 Å². The maximum absolute atomic E-state index is 12.7. The molecule has 0 atom stereocenters. The van der Waals surface area contributed by atoms with Gasteiger partial charge >= 0.3 is 0 Å². The minimum Gasteiger partial charge on any atom is -0.398 e. The number of nitrogens with zero attached hydrogens (tertiary/aromatic N) is 1. The standard InChI is InChI=1S/C14H22N2O3S/c1-10-7-13(15)11(2)14(8-10)20(18,19)16-5-3-12(9-17)4-6-16/h7-8,12,17H,3-6,9,15H2,1-2H3. The minimum atomic E-state index is -3.50. The summed E-state index contributed by atoms with van der Waals surface area (Å²) in [5.74, 6) is 0.213. The van der Waals surface area contributed by atoms with Gasteiger partial charge in [0, 0.05) is 25.4 Å². The monoisotopic (exact) mass is 298 g/mol. The highest BCUT2D eigenvalue weighted by Crippen LogP contribution is 2.28. The van der Waals surface area contributed by atoms with Gasteiger partial charge in [-0.2, -0.15) is 4.31 Å². The van der Waals surface area contributed by atoms with Crippen LogP contribution >= 0.6 is 0 Å². The van der Waals surface area contributed by atoms with Gasteiger partial charge in [-0.3, -0.25) is 0 Å². The van der Waals surface area contributed by atoms with Gasteiger partial charge in [-0.25, -0.2) is 8.42 Å². The summed E-state index contributed by atoms with van der Waals surface area (Å²) in [5, 5.41) is 9.13. The fourth-order valence-corrected chi connectivity index (χ4v) is 4.40. The zero-order valence-corrected chi connectivity index (χ0v) is 12.8. The number of nitrogen functional groups attached to an aromatic ring is 1. The lowest BCUT2D eigenvalue weighted by Gasteiger charge is -2.30. The van der Waals surface area contributed by atoms with Crippen LogP contribution < -0.4 is 5.73 Å². The molecule has 0 aromatic heterocycles. The maximum atomic E-state index is 12.7. The van der Waals surface area contributed by atoms with Crippen molar-refractivity contribution < 1.29 is 13.5 Å². The second kappa shape index (κ2) is 5.71. The molecule has 1 saturated heterocycles. The molecular formula is C14H22N2O3S. The van der Waals surface area contributed by atoms with Crippen molar-refractivity contribution in [3.63, 3.8) is 0 Å². The quantitative estimate of drug-likeness (QED) is 0.823. The van der Waals surface area contributed by atoms with Crippen molar-refractivity contribution in [3.05, 3.63) is 23.3 Å². The van der Waals surface area contributed by atoms with Crippen molar-refractivity contribution in [1.29, 1.82) is 0 Å². The fourth-order valence-electron chi connectivity index (χ4n) is 2.59. The first kappa shape index (κ1) is 15.3. The molecule has 1 fully saturated rings. The number of rotatable bonds is 3. The van der Waals surface area contributed by atoms with Crippen LogP contribution in [0.25, 0.3) is 0 Å². The number of aliphatic hydroxyl groups is 1. The minimum absolute atomic E-state index is 0.129. The zero-order valence-electron chi connectivity index (χ0n) is 12.0. The molecule has 20 heavy (non-hydrogen) atoms. The van der Waals surface area contributed by atoms with Crippen molar-refractivity contribution in [1.82, 2.24) is 4.31 Å². The predicted octanol–water partition coefficient (Wildman–Crippen LogP) is 1.28. The summed E-state index contributed by atoms with van der Waals surface area (Å²) < 4.78 is 26.9. The Morgan fingerprint density at radius 3 is 2.45 bits per heavy atom. The van der Waals surface area contributed by atoms with Crippen LogP contribution in [0.1, 0.15) is 24.0 Å². The molecule has 0 radical (unpaired) electrons. The molecule has 112 valence electrons. The van der Waals surface area contributed by atoms with Gasteiger partial charge in [0.25, 0.3) is 0 Å². The fraction of sp³-hybridized carbons (Fsp3) is 0.571. The van der Waals surface area contributed by atoms with Crippen LogP contribution in [0.3, 0.4) is 0 Å². The van der Waals surface area contributed by atoms with E-state index in [4.69, 9.17) is 10.8 Å². The van der Waals surface area contributed by atoms with Gasteiger partial charge in [-0.05, 0) is 55.9 Å². The van der Waals surface area contributed by atoms with Crippen LogP contribution in [-0.4, -0.2) is 37.5 Å². The van der Waals surface area contributed by atoms with E-state index in [0.29, 0.717) is 42.1 Å². The number of benzene rings is 1. The molecule has 1 aromatic carbocycles. The second-order valence-corrected chi connectivity index (χ2v) is 7.41. The number of aliphatic hydroxyl groups excluding tert-OH is 1. The topological polar surface area (TPSA) is 83.6 Å². The number of hydrogen-bond donors (Lipinski definition) is 2. The number of anilines is 1. The molecule has 0 bridgehead atoms.